The van der Waals surface area contributed by atoms with Gasteiger partial charge in [0.05, 0.1) is 17.2 Å². The first-order chi connectivity index (χ1) is 11.7. The molecule has 0 aliphatic rings. The molecular formula is C18H29BrIN5S. The van der Waals surface area contributed by atoms with Crippen molar-refractivity contribution in [1.29, 1.82) is 0 Å². The Morgan fingerprint density at radius 1 is 1.42 bits per heavy atom. The number of nitrogens with one attached hydrogen (secondary N) is 1. The Morgan fingerprint density at radius 2 is 2.12 bits per heavy atom. The summed E-state index contributed by atoms with van der Waals surface area (Å²) in [5.41, 5.74) is 2.51. The standard InChI is InChI=1S/C18H28BrN5S.HI/c1-18(2,3)15-12-25-16(22-15)7-8-21-17(20-4)24(6)11-14-9-13(19)10-23(14)5;/h9-10,12H,7-8,11H2,1-6H3,(H,20,21);1H. The summed E-state index contributed by atoms with van der Waals surface area (Å²) in [4.78, 5) is 11.3. The van der Waals surface area contributed by atoms with Crippen LogP contribution in [-0.2, 0) is 25.4 Å². The first kappa shape index (κ1) is 23.4. The van der Waals surface area contributed by atoms with Gasteiger partial charge >= 0.3 is 0 Å². The average molecular weight is 554 g/mol. The average Bonchev–Trinajstić information content (AvgIpc) is 3.10. The predicted octanol–water partition coefficient (Wildman–Crippen LogP) is 4.41. The van der Waals surface area contributed by atoms with E-state index in [1.165, 1.54) is 16.4 Å². The van der Waals surface area contributed by atoms with Crippen LogP contribution in [0.3, 0.4) is 0 Å². The van der Waals surface area contributed by atoms with Gasteiger partial charge in [0.1, 0.15) is 0 Å². The fraction of sp³-hybridized carbons (Fsp3) is 0.556. The number of rotatable bonds is 5. The van der Waals surface area contributed by atoms with Crippen LogP contribution in [0.2, 0.25) is 0 Å². The van der Waals surface area contributed by atoms with Crippen LogP contribution in [0.25, 0.3) is 0 Å². The van der Waals surface area contributed by atoms with Crippen LogP contribution in [0, 0.1) is 0 Å². The van der Waals surface area contributed by atoms with Crippen molar-refractivity contribution in [1.82, 2.24) is 19.8 Å². The Balaban J connectivity index is 0.00000338. The SMILES string of the molecule is CN=C(NCCc1nc(C(C)(C)C)cs1)N(C)Cc1cc(Br)cn1C.I. The van der Waals surface area contributed by atoms with Crippen LogP contribution in [0.15, 0.2) is 27.1 Å². The van der Waals surface area contributed by atoms with Gasteiger partial charge in [0.25, 0.3) is 0 Å². The number of aliphatic imine (C=N–C) groups is 1. The lowest BCUT2D eigenvalue weighted by Crippen LogP contribution is -2.39. The summed E-state index contributed by atoms with van der Waals surface area (Å²) in [6, 6.07) is 2.13. The number of aryl methyl sites for hydroxylation is 1. The van der Waals surface area contributed by atoms with Crippen LogP contribution >= 0.6 is 51.2 Å². The Morgan fingerprint density at radius 3 is 2.62 bits per heavy atom. The molecule has 0 saturated carbocycles. The summed E-state index contributed by atoms with van der Waals surface area (Å²) in [5.74, 6) is 0.893. The Hall–Kier alpha value is -0.610. The van der Waals surface area contributed by atoms with Gasteiger partial charge in [-0.1, -0.05) is 20.8 Å². The van der Waals surface area contributed by atoms with Crippen molar-refractivity contribution in [3.63, 3.8) is 0 Å². The zero-order valence-corrected chi connectivity index (χ0v) is 21.1. The molecular weight excluding hydrogens is 525 g/mol. The highest BCUT2D eigenvalue weighted by Gasteiger charge is 2.17. The van der Waals surface area contributed by atoms with Gasteiger partial charge in [-0.05, 0) is 22.0 Å². The second-order valence-electron chi connectivity index (χ2n) is 7.22. The fourth-order valence-corrected chi connectivity index (χ4v) is 4.07. The van der Waals surface area contributed by atoms with E-state index in [9.17, 15) is 0 Å². The van der Waals surface area contributed by atoms with Crippen LogP contribution in [-0.4, -0.2) is 41.1 Å². The molecule has 2 rings (SSSR count). The topological polar surface area (TPSA) is 45.5 Å². The summed E-state index contributed by atoms with van der Waals surface area (Å²) in [6.07, 6.45) is 2.97. The molecule has 0 fully saturated rings. The molecule has 0 amide bonds. The summed E-state index contributed by atoms with van der Waals surface area (Å²) in [6.45, 7) is 8.21. The Bertz CT molecular complexity index is 732. The molecule has 0 radical (unpaired) electrons. The van der Waals surface area contributed by atoms with Crippen molar-refractivity contribution in [3.05, 3.63) is 38.5 Å². The summed E-state index contributed by atoms with van der Waals surface area (Å²) >= 11 is 5.26. The van der Waals surface area contributed by atoms with E-state index in [-0.39, 0.29) is 29.4 Å². The highest BCUT2D eigenvalue weighted by molar-refractivity contribution is 14.0. The minimum Gasteiger partial charge on any atom is -0.356 e. The maximum atomic E-state index is 4.75. The molecule has 146 valence electrons. The van der Waals surface area contributed by atoms with E-state index in [1.807, 2.05) is 7.05 Å². The highest BCUT2D eigenvalue weighted by Crippen LogP contribution is 2.23. The fourth-order valence-electron chi connectivity index (χ4n) is 2.48. The maximum Gasteiger partial charge on any atom is 0.193 e. The van der Waals surface area contributed by atoms with Gasteiger partial charge in [0, 0.05) is 61.3 Å². The highest BCUT2D eigenvalue weighted by atomic mass is 127. The molecule has 2 aromatic rings. The third kappa shape index (κ3) is 6.53. The molecule has 0 saturated heterocycles. The van der Waals surface area contributed by atoms with Crippen molar-refractivity contribution >= 4 is 57.2 Å². The number of guanidine groups is 1. The van der Waals surface area contributed by atoms with Crippen LogP contribution in [0.4, 0.5) is 0 Å². The first-order valence-corrected chi connectivity index (χ1v) is 10.1. The van der Waals surface area contributed by atoms with Crippen molar-refractivity contribution < 1.29 is 0 Å². The molecule has 0 aliphatic heterocycles. The van der Waals surface area contributed by atoms with Crippen molar-refractivity contribution in [2.75, 3.05) is 20.6 Å². The summed E-state index contributed by atoms with van der Waals surface area (Å²) < 4.78 is 3.22. The van der Waals surface area contributed by atoms with E-state index in [0.717, 1.165) is 29.9 Å². The van der Waals surface area contributed by atoms with Gasteiger partial charge < -0.3 is 14.8 Å². The largest absolute Gasteiger partial charge is 0.356 e. The van der Waals surface area contributed by atoms with Gasteiger partial charge in [-0.25, -0.2) is 4.98 Å². The third-order valence-corrected chi connectivity index (χ3v) is 5.33. The van der Waals surface area contributed by atoms with Gasteiger partial charge in [-0.2, -0.15) is 0 Å². The minimum absolute atomic E-state index is 0. The first-order valence-electron chi connectivity index (χ1n) is 8.38. The maximum absolute atomic E-state index is 4.75. The molecule has 2 aromatic heterocycles. The van der Waals surface area contributed by atoms with Crippen molar-refractivity contribution in [2.45, 2.75) is 39.2 Å². The molecule has 5 nitrogen and oxygen atoms in total. The quantitative estimate of drug-likeness (QED) is 0.339. The van der Waals surface area contributed by atoms with Gasteiger partial charge in [-0.15, -0.1) is 35.3 Å². The van der Waals surface area contributed by atoms with Crippen LogP contribution in [0.1, 0.15) is 37.2 Å². The molecule has 2 heterocycles. The Kier molecular flexibility index (Phi) is 9.08. The van der Waals surface area contributed by atoms with Crippen molar-refractivity contribution in [3.8, 4) is 0 Å². The summed E-state index contributed by atoms with van der Waals surface area (Å²) in [7, 11) is 5.93. The predicted molar refractivity (Wildman–Crippen MR) is 126 cm³/mol. The van der Waals surface area contributed by atoms with Crippen LogP contribution < -0.4 is 5.32 Å². The molecule has 26 heavy (non-hydrogen) atoms. The second kappa shape index (κ2) is 10.1. The second-order valence-corrected chi connectivity index (χ2v) is 9.08. The van der Waals surface area contributed by atoms with E-state index in [2.05, 4.69) is 88.2 Å². The van der Waals surface area contributed by atoms with E-state index < -0.39 is 0 Å². The molecule has 0 aromatic carbocycles. The van der Waals surface area contributed by atoms with E-state index in [1.54, 1.807) is 11.3 Å². The normalized spacial score (nSPS) is 12.0. The van der Waals surface area contributed by atoms with E-state index in [4.69, 9.17) is 4.98 Å². The lowest BCUT2D eigenvalue weighted by molar-refractivity contribution is 0.462. The van der Waals surface area contributed by atoms with E-state index >= 15 is 0 Å². The van der Waals surface area contributed by atoms with Gasteiger partial charge in [-0.3, -0.25) is 4.99 Å². The van der Waals surface area contributed by atoms with Gasteiger partial charge in [0.15, 0.2) is 5.96 Å². The zero-order chi connectivity index (χ0) is 18.6. The molecule has 0 atom stereocenters. The summed E-state index contributed by atoms with van der Waals surface area (Å²) in [5, 5.41) is 6.77. The minimum atomic E-state index is 0. The number of thiazole rings is 1. The molecule has 8 heteroatoms. The lowest BCUT2D eigenvalue weighted by atomic mass is 9.93. The number of halogens is 2. The smallest absolute Gasteiger partial charge is 0.193 e. The molecule has 0 unspecified atom stereocenters. The number of nitrogens with zero attached hydrogens (tertiary/aromatic N) is 4. The molecule has 1 N–H and O–H groups in total. The molecule has 0 aliphatic carbocycles. The number of aromatic nitrogens is 2. The van der Waals surface area contributed by atoms with E-state index in [0.29, 0.717) is 0 Å². The zero-order valence-electron chi connectivity index (χ0n) is 16.3. The molecule has 0 spiro atoms. The number of hydrogen-bond acceptors (Lipinski definition) is 3. The van der Waals surface area contributed by atoms with Crippen LogP contribution in [0.5, 0.6) is 0 Å². The monoisotopic (exact) mass is 553 g/mol. The lowest BCUT2D eigenvalue weighted by Gasteiger charge is -2.22. The van der Waals surface area contributed by atoms with Crippen molar-refractivity contribution in [2.24, 2.45) is 12.0 Å². The van der Waals surface area contributed by atoms with Gasteiger partial charge in [0.2, 0.25) is 0 Å². The number of hydrogen-bond donors (Lipinski definition) is 1. The molecule has 0 bridgehead atoms. The third-order valence-electron chi connectivity index (χ3n) is 3.99. The Labute approximate surface area is 186 Å².